The fraction of sp³-hybridized carbons (Fsp3) is 0.500. The molecule has 4 nitrogen and oxygen atoms in total. The molecule has 0 saturated carbocycles. The number of pyridine rings is 1. The lowest BCUT2D eigenvalue weighted by molar-refractivity contribution is 0.0895. The molecule has 1 heterocycles. The first-order valence-electron chi connectivity index (χ1n) is 5.45. The number of hydrogen-bond donors (Lipinski definition) is 1. The van der Waals surface area contributed by atoms with Gasteiger partial charge in [0.05, 0.1) is 12.6 Å². The molecule has 5 heteroatoms. The Kier molecular flexibility index (Phi) is 6.15. The quantitative estimate of drug-likeness (QED) is 0.817. The molecular weight excluding hydrogens is 284 g/mol. The monoisotopic (exact) mass is 300 g/mol. The van der Waals surface area contributed by atoms with Crippen molar-refractivity contribution in [2.45, 2.75) is 19.4 Å². The van der Waals surface area contributed by atoms with Crippen molar-refractivity contribution in [2.75, 3.05) is 19.0 Å². The van der Waals surface area contributed by atoms with Crippen molar-refractivity contribution in [1.82, 2.24) is 10.3 Å². The van der Waals surface area contributed by atoms with Gasteiger partial charge in [-0.3, -0.25) is 9.78 Å². The summed E-state index contributed by atoms with van der Waals surface area (Å²) in [7, 11) is 1.63. The van der Waals surface area contributed by atoms with Crippen molar-refractivity contribution in [3.63, 3.8) is 0 Å². The van der Waals surface area contributed by atoms with Gasteiger partial charge < -0.3 is 10.1 Å². The van der Waals surface area contributed by atoms with Crippen LogP contribution in [0.5, 0.6) is 0 Å². The van der Waals surface area contributed by atoms with Crippen molar-refractivity contribution in [3.05, 3.63) is 29.6 Å². The highest BCUT2D eigenvalue weighted by atomic mass is 79.9. The lowest BCUT2D eigenvalue weighted by Crippen LogP contribution is -2.38. The number of methoxy groups -OCH3 is 1. The Morgan fingerprint density at radius 2 is 2.41 bits per heavy atom. The van der Waals surface area contributed by atoms with Gasteiger partial charge in [0.2, 0.25) is 0 Å². The molecule has 94 valence electrons. The number of nitrogens with zero attached hydrogens (tertiary/aromatic N) is 1. The predicted molar refractivity (Wildman–Crippen MR) is 70.5 cm³/mol. The molecule has 0 saturated heterocycles. The Labute approximate surface area is 110 Å². The fourth-order valence-corrected chi connectivity index (χ4v) is 2.04. The summed E-state index contributed by atoms with van der Waals surface area (Å²) in [5.74, 6) is -0.0847. The standard InChI is InChI=1S/C12H17BrN2O2/c1-9-7-10(4-6-14-9)12(16)15-11(3-5-13)8-17-2/h4,6-7,11H,3,5,8H2,1-2H3,(H,15,16). The van der Waals surface area contributed by atoms with E-state index in [1.807, 2.05) is 6.92 Å². The van der Waals surface area contributed by atoms with Crippen molar-refractivity contribution >= 4 is 21.8 Å². The van der Waals surface area contributed by atoms with Crippen LogP contribution in [0.1, 0.15) is 22.5 Å². The highest BCUT2D eigenvalue weighted by molar-refractivity contribution is 9.09. The van der Waals surface area contributed by atoms with E-state index in [9.17, 15) is 4.79 Å². The first-order chi connectivity index (χ1) is 8.17. The summed E-state index contributed by atoms with van der Waals surface area (Å²) < 4.78 is 5.07. The maximum Gasteiger partial charge on any atom is 0.251 e. The molecule has 0 fully saturated rings. The topological polar surface area (TPSA) is 51.2 Å². The zero-order valence-corrected chi connectivity index (χ0v) is 11.7. The smallest absolute Gasteiger partial charge is 0.251 e. The summed E-state index contributed by atoms with van der Waals surface area (Å²) in [6.07, 6.45) is 2.48. The lowest BCUT2D eigenvalue weighted by atomic mass is 10.2. The summed E-state index contributed by atoms with van der Waals surface area (Å²) >= 11 is 3.36. The number of aromatic nitrogens is 1. The fourth-order valence-electron chi connectivity index (χ4n) is 1.49. The third-order valence-electron chi connectivity index (χ3n) is 2.32. The Morgan fingerprint density at radius 3 is 3.00 bits per heavy atom. The third kappa shape index (κ3) is 4.83. The number of carbonyl (C=O) groups is 1. The van der Waals surface area contributed by atoms with Gasteiger partial charge in [0.25, 0.3) is 5.91 Å². The second kappa shape index (κ2) is 7.40. The Balaban J connectivity index is 2.63. The Hall–Kier alpha value is -0.940. The van der Waals surface area contributed by atoms with Gasteiger partial charge >= 0.3 is 0 Å². The Bertz CT molecular complexity index is 365. The van der Waals surface area contributed by atoms with Crippen LogP contribution in [0, 0.1) is 6.92 Å². The maximum atomic E-state index is 11.9. The zero-order valence-electron chi connectivity index (χ0n) is 10.1. The third-order valence-corrected chi connectivity index (χ3v) is 2.78. The molecule has 0 aliphatic carbocycles. The summed E-state index contributed by atoms with van der Waals surface area (Å²) in [6.45, 7) is 2.38. The number of halogens is 1. The molecule has 0 bridgehead atoms. The van der Waals surface area contributed by atoms with Gasteiger partial charge in [-0.05, 0) is 25.5 Å². The number of nitrogens with one attached hydrogen (secondary N) is 1. The SMILES string of the molecule is COCC(CCBr)NC(=O)c1ccnc(C)c1. The van der Waals surface area contributed by atoms with Gasteiger partial charge in [0.1, 0.15) is 0 Å². The molecule has 0 aliphatic heterocycles. The van der Waals surface area contributed by atoms with E-state index in [2.05, 4.69) is 26.2 Å². The summed E-state index contributed by atoms with van der Waals surface area (Å²) in [6, 6.07) is 3.51. The van der Waals surface area contributed by atoms with E-state index in [0.717, 1.165) is 17.4 Å². The summed E-state index contributed by atoms with van der Waals surface area (Å²) in [5, 5.41) is 3.77. The van der Waals surface area contributed by atoms with Crippen LogP contribution in [0.4, 0.5) is 0 Å². The minimum Gasteiger partial charge on any atom is -0.383 e. The second-order valence-corrected chi connectivity index (χ2v) is 4.58. The van der Waals surface area contributed by atoms with Crippen LogP contribution in [0.25, 0.3) is 0 Å². The molecule has 1 amide bonds. The number of carbonyl (C=O) groups excluding carboxylic acids is 1. The molecular formula is C12H17BrN2O2. The van der Waals surface area contributed by atoms with E-state index >= 15 is 0 Å². The van der Waals surface area contributed by atoms with Gasteiger partial charge in [-0.15, -0.1) is 0 Å². The van der Waals surface area contributed by atoms with Crippen molar-refractivity contribution < 1.29 is 9.53 Å². The first kappa shape index (κ1) is 14.1. The summed E-state index contributed by atoms with van der Waals surface area (Å²) in [4.78, 5) is 16.0. The first-order valence-corrected chi connectivity index (χ1v) is 6.58. The predicted octanol–water partition coefficient (Wildman–Crippen LogP) is 1.92. The highest BCUT2D eigenvalue weighted by Crippen LogP contribution is 2.03. The Morgan fingerprint density at radius 1 is 1.65 bits per heavy atom. The van der Waals surface area contributed by atoms with Crippen LogP contribution >= 0.6 is 15.9 Å². The lowest BCUT2D eigenvalue weighted by Gasteiger charge is -2.16. The van der Waals surface area contributed by atoms with E-state index < -0.39 is 0 Å². The molecule has 1 aromatic rings. The van der Waals surface area contributed by atoms with Crippen LogP contribution in [0.15, 0.2) is 18.3 Å². The van der Waals surface area contributed by atoms with Gasteiger partial charge in [0, 0.05) is 29.9 Å². The van der Waals surface area contributed by atoms with Crippen LogP contribution in [-0.2, 0) is 4.74 Å². The largest absolute Gasteiger partial charge is 0.383 e. The molecule has 1 rings (SSSR count). The van der Waals surface area contributed by atoms with Crippen LogP contribution in [0.3, 0.4) is 0 Å². The molecule has 0 spiro atoms. The van der Waals surface area contributed by atoms with Gasteiger partial charge in [-0.1, -0.05) is 15.9 Å². The average molecular weight is 301 g/mol. The van der Waals surface area contributed by atoms with Gasteiger partial charge in [0.15, 0.2) is 0 Å². The molecule has 1 unspecified atom stereocenters. The van der Waals surface area contributed by atoms with Crippen LogP contribution in [-0.4, -0.2) is 36.0 Å². The number of aryl methyl sites for hydroxylation is 1. The molecule has 1 aromatic heterocycles. The second-order valence-electron chi connectivity index (χ2n) is 3.79. The van der Waals surface area contributed by atoms with Gasteiger partial charge in [-0.25, -0.2) is 0 Å². The average Bonchev–Trinajstić information content (AvgIpc) is 2.29. The van der Waals surface area contributed by atoms with Crippen LogP contribution < -0.4 is 5.32 Å². The van der Waals surface area contributed by atoms with Crippen LogP contribution in [0.2, 0.25) is 0 Å². The molecule has 0 radical (unpaired) electrons. The van der Waals surface area contributed by atoms with E-state index in [1.54, 1.807) is 25.4 Å². The summed E-state index contributed by atoms with van der Waals surface area (Å²) in [5.41, 5.74) is 1.47. The normalized spacial score (nSPS) is 12.2. The van der Waals surface area contributed by atoms with Crippen molar-refractivity contribution in [3.8, 4) is 0 Å². The molecule has 1 atom stereocenters. The molecule has 0 aliphatic rings. The number of amides is 1. The minimum absolute atomic E-state index is 0.0281. The molecule has 1 N–H and O–H groups in total. The number of hydrogen-bond acceptors (Lipinski definition) is 3. The molecule has 17 heavy (non-hydrogen) atoms. The number of ether oxygens (including phenoxy) is 1. The number of rotatable bonds is 6. The van der Waals surface area contributed by atoms with Crippen molar-refractivity contribution in [2.24, 2.45) is 0 Å². The van der Waals surface area contributed by atoms with E-state index in [0.29, 0.717) is 12.2 Å². The van der Waals surface area contributed by atoms with E-state index in [-0.39, 0.29) is 11.9 Å². The van der Waals surface area contributed by atoms with Gasteiger partial charge in [-0.2, -0.15) is 0 Å². The highest BCUT2D eigenvalue weighted by Gasteiger charge is 2.13. The number of alkyl halides is 1. The maximum absolute atomic E-state index is 11.9. The van der Waals surface area contributed by atoms with E-state index in [4.69, 9.17) is 4.74 Å². The zero-order chi connectivity index (χ0) is 12.7. The molecule has 0 aromatic carbocycles. The van der Waals surface area contributed by atoms with E-state index in [1.165, 1.54) is 0 Å². The van der Waals surface area contributed by atoms with Crippen molar-refractivity contribution in [1.29, 1.82) is 0 Å². The minimum atomic E-state index is -0.0847.